The largest absolute Gasteiger partial charge is 0.300 e. The lowest BCUT2D eigenvalue weighted by molar-refractivity contribution is 0.306. The standard InChI is InChI=1S/C10H12N6/c1-15-5-2-8-9(6-15)11-7-12-10(8)16-13-3-4-14-16/h3-4,7H,2,5-6H2,1H3. The Balaban J connectivity index is 2.11. The van der Waals surface area contributed by atoms with Crippen LogP contribution in [0.25, 0.3) is 5.82 Å². The van der Waals surface area contributed by atoms with E-state index >= 15 is 0 Å². The summed E-state index contributed by atoms with van der Waals surface area (Å²) >= 11 is 0. The number of aromatic nitrogens is 5. The highest BCUT2D eigenvalue weighted by atomic mass is 15.5. The Labute approximate surface area is 92.9 Å². The minimum atomic E-state index is 0.808. The number of hydrogen-bond acceptors (Lipinski definition) is 5. The number of nitrogens with zero attached hydrogens (tertiary/aromatic N) is 6. The molecule has 0 aliphatic carbocycles. The molecule has 82 valence electrons. The lowest BCUT2D eigenvalue weighted by Crippen LogP contribution is -2.29. The molecule has 6 heteroatoms. The summed E-state index contributed by atoms with van der Waals surface area (Å²) < 4.78 is 0. The Morgan fingerprint density at radius 1 is 1.19 bits per heavy atom. The third-order valence-electron chi connectivity index (χ3n) is 2.78. The summed E-state index contributed by atoms with van der Waals surface area (Å²) in [6.07, 6.45) is 5.84. The van der Waals surface area contributed by atoms with E-state index in [1.807, 2.05) is 0 Å². The molecule has 0 atom stereocenters. The molecule has 0 aromatic carbocycles. The minimum absolute atomic E-state index is 0.808. The quantitative estimate of drug-likeness (QED) is 0.674. The summed E-state index contributed by atoms with van der Waals surface area (Å²) in [6.45, 7) is 1.89. The molecule has 0 radical (unpaired) electrons. The predicted molar refractivity (Wildman–Crippen MR) is 57.0 cm³/mol. The van der Waals surface area contributed by atoms with Gasteiger partial charge in [-0.15, -0.1) is 4.80 Å². The number of fused-ring (bicyclic) bond motifs is 1. The Morgan fingerprint density at radius 2 is 2.00 bits per heavy atom. The van der Waals surface area contributed by atoms with Gasteiger partial charge < -0.3 is 4.90 Å². The molecule has 0 spiro atoms. The third-order valence-corrected chi connectivity index (χ3v) is 2.78. The summed E-state index contributed by atoms with van der Waals surface area (Å²) in [5.74, 6) is 0.808. The third kappa shape index (κ3) is 1.47. The lowest BCUT2D eigenvalue weighted by Gasteiger charge is -2.24. The molecule has 2 aromatic rings. The number of rotatable bonds is 1. The SMILES string of the molecule is CN1CCc2c(ncnc2-n2nccn2)C1. The van der Waals surface area contributed by atoms with Crippen LogP contribution in [0.4, 0.5) is 0 Å². The fraction of sp³-hybridized carbons (Fsp3) is 0.400. The molecular weight excluding hydrogens is 204 g/mol. The van der Waals surface area contributed by atoms with Gasteiger partial charge in [0.2, 0.25) is 0 Å². The first-order valence-electron chi connectivity index (χ1n) is 5.22. The van der Waals surface area contributed by atoms with Crippen molar-refractivity contribution in [1.82, 2.24) is 29.9 Å². The van der Waals surface area contributed by atoms with E-state index in [4.69, 9.17) is 0 Å². The average molecular weight is 216 g/mol. The van der Waals surface area contributed by atoms with Gasteiger partial charge in [-0.1, -0.05) is 0 Å². The Bertz CT molecular complexity index is 492. The van der Waals surface area contributed by atoms with Crippen LogP contribution < -0.4 is 0 Å². The Hall–Kier alpha value is -1.82. The Morgan fingerprint density at radius 3 is 2.81 bits per heavy atom. The van der Waals surface area contributed by atoms with E-state index in [1.54, 1.807) is 23.5 Å². The highest BCUT2D eigenvalue weighted by molar-refractivity contribution is 5.36. The molecule has 0 fully saturated rings. The molecule has 0 amide bonds. The van der Waals surface area contributed by atoms with Crippen molar-refractivity contribution in [3.8, 4) is 5.82 Å². The average Bonchev–Trinajstić information content (AvgIpc) is 2.81. The van der Waals surface area contributed by atoms with Gasteiger partial charge in [0.25, 0.3) is 0 Å². The molecule has 6 nitrogen and oxygen atoms in total. The van der Waals surface area contributed by atoms with Crippen molar-refractivity contribution in [3.05, 3.63) is 30.0 Å². The van der Waals surface area contributed by atoms with E-state index in [0.29, 0.717) is 0 Å². The maximum Gasteiger partial charge on any atom is 0.180 e. The van der Waals surface area contributed by atoms with Gasteiger partial charge in [0.15, 0.2) is 5.82 Å². The molecule has 3 heterocycles. The van der Waals surface area contributed by atoms with Crippen LogP contribution in [0.15, 0.2) is 18.7 Å². The van der Waals surface area contributed by atoms with Crippen LogP contribution in [0.5, 0.6) is 0 Å². The van der Waals surface area contributed by atoms with Gasteiger partial charge in [0.05, 0.1) is 18.1 Å². The maximum absolute atomic E-state index is 4.32. The van der Waals surface area contributed by atoms with E-state index < -0.39 is 0 Å². The van der Waals surface area contributed by atoms with E-state index in [0.717, 1.165) is 36.6 Å². The predicted octanol–water partition coefficient (Wildman–Crippen LogP) is 0.0452. The molecule has 0 saturated carbocycles. The topological polar surface area (TPSA) is 59.7 Å². The van der Waals surface area contributed by atoms with Crippen molar-refractivity contribution in [2.45, 2.75) is 13.0 Å². The second kappa shape index (κ2) is 3.64. The first kappa shape index (κ1) is 9.41. The first-order chi connectivity index (χ1) is 7.84. The molecule has 0 bridgehead atoms. The second-order valence-corrected chi connectivity index (χ2v) is 3.93. The number of hydrogen-bond donors (Lipinski definition) is 0. The summed E-state index contributed by atoms with van der Waals surface area (Å²) in [5.41, 5.74) is 2.24. The summed E-state index contributed by atoms with van der Waals surface area (Å²) in [6, 6.07) is 0. The second-order valence-electron chi connectivity index (χ2n) is 3.93. The highest BCUT2D eigenvalue weighted by Gasteiger charge is 2.19. The fourth-order valence-electron chi connectivity index (χ4n) is 1.97. The molecule has 1 aliphatic rings. The van der Waals surface area contributed by atoms with Crippen LogP contribution in [0.3, 0.4) is 0 Å². The fourth-order valence-corrected chi connectivity index (χ4v) is 1.97. The van der Waals surface area contributed by atoms with Gasteiger partial charge in [-0.25, -0.2) is 9.97 Å². The van der Waals surface area contributed by atoms with Crippen molar-refractivity contribution >= 4 is 0 Å². The summed E-state index contributed by atoms with van der Waals surface area (Å²) in [5, 5.41) is 8.23. The molecule has 2 aromatic heterocycles. The van der Waals surface area contributed by atoms with E-state index in [1.165, 1.54) is 0 Å². The molecule has 0 unspecified atom stereocenters. The zero-order valence-corrected chi connectivity index (χ0v) is 9.04. The monoisotopic (exact) mass is 216 g/mol. The van der Waals surface area contributed by atoms with E-state index in [-0.39, 0.29) is 0 Å². The van der Waals surface area contributed by atoms with Gasteiger partial charge in [-0.3, -0.25) is 0 Å². The molecule has 16 heavy (non-hydrogen) atoms. The van der Waals surface area contributed by atoms with Gasteiger partial charge >= 0.3 is 0 Å². The van der Waals surface area contributed by atoms with E-state index in [9.17, 15) is 0 Å². The zero-order chi connectivity index (χ0) is 11.0. The zero-order valence-electron chi connectivity index (χ0n) is 9.04. The van der Waals surface area contributed by atoms with Gasteiger partial charge in [-0.05, 0) is 13.5 Å². The van der Waals surface area contributed by atoms with Crippen LogP contribution in [0.1, 0.15) is 11.3 Å². The van der Waals surface area contributed by atoms with Crippen molar-refractivity contribution in [2.24, 2.45) is 0 Å². The molecule has 3 rings (SSSR count). The summed E-state index contributed by atoms with van der Waals surface area (Å²) in [4.78, 5) is 12.4. The maximum atomic E-state index is 4.32. The van der Waals surface area contributed by atoms with Crippen LogP contribution in [-0.4, -0.2) is 43.5 Å². The molecule has 1 aliphatic heterocycles. The number of likely N-dealkylation sites (N-methyl/N-ethyl adjacent to an activating group) is 1. The van der Waals surface area contributed by atoms with Crippen molar-refractivity contribution in [1.29, 1.82) is 0 Å². The van der Waals surface area contributed by atoms with Gasteiger partial charge in [0, 0.05) is 18.7 Å². The van der Waals surface area contributed by atoms with Crippen molar-refractivity contribution in [2.75, 3.05) is 13.6 Å². The Kier molecular flexibility index (Phi) is 2.14. The normalized spacial score (nSPS) is 16.1. The van der Waals surface area contributed by atoms with Crippen molar-refractivity contribution in [3.63, 3.8) is 0 Å². The molecule has 0 N–H and O–H groups in total. The molecular formula is C10H12N6. The van der Waals surface area contributed by atoms with Crippen LogP contribution in [0, 0.1) is 0 Å². The molecule has 0 saturated heterocycles. The van der Waals surface area contributed by atoms with Gasteiger partial charge in [-0.2, -0.15) is 10.2 Å². The summed E-state index contributed by atoms with van der Waals surface area (Å²) in [7, 11) is 2.09. The lowest BCUT2D eigenvalue weighted by atomic mass is 10.1. The van der Waals surface area contributed by atoms with Crippen LogP contribution in [0.2, 0.25) is 0 Å². The van der Waals surface area contributed by atoms with Crippen LogP contribution in [-0.2, 0) is 13.0 Å². The van der Waals surface area contributed by atoms with E-state index in [2.05, 4.69) is 32.1 Å². The minimum Gasteiger partial charge on any atom is -0.300 e. The van der Waals surface area contributed by atoms with Crippen molar-refractivity contribution < 1.29 is 0 Å². The first-order valence-corrected chi connectivity index (χ1v) is 5.22. The smallest absolute Gasteiger partial charge is 0.180 e. The van der Waals surface area contributed by atoms with Crippen LogP contribution >= 0.6 is 0 Å². The highest BCUT2D eigenvalue weighted by Crippen LogP contribution is 2.19. The van der Waals surface area contributed by atoms with Gasteiger partial charge in [0.1, 0.15) is 6.33 Å².